The summed E-state index contributed by atoms with van der Waals surface area (Å²) < 4.78 is 4.94. The molecule has 1 atom stereocenters. The maximum atomic E-state index is 11.9. The van der Waals surface area contributed by atoms with Crippen molar-refractivity contribution in [2.45, 2.75) is 35.2 Å². The SMILES string of the molecule is COCCNC(=O)C#Cc1ccc2c(c1)[C@@H](N)C1(CCN(c3cnc(Sc4ccnc(N)c4Cl)cn3)CC1)C2. The number of pyridine rings is 1. The zero-order valence-electron chi connectivity index (χ0n) is 21.6. The quantitative estimate of drug-likeness (QED) is 0.305. The average Bonchev–Trinajstić information content (AvgIpc) is 3.21. The van der Waals surface area contributed by atoms with E-state index in [9.17, 15) is 4.79 Å². The fraction of sp³-hybridized carbons (Fsp3) is 0.357. The third kappa shape index (κ3) is 5.97. The molecule has 0 radical (unpaired) electrons. The van der Waals surface area contributed by atoms with Crippen molar-refractivity contribution in [3.05, 3.63) is 64.6 Å². The smallest absolute Gasteiger partial charge is 0.296 e. The lowest BCUT2D eigenvalue weighted by atomic mass is 9.73. The molecule has 1 spiro atoms. The van der Waals surface area contributed by atoms with Crippen LogP contribution in [0.1, 0.15) is 35.6 Å². The second-order valence-electron chi connectivity index (χ2n) is 9.74. The van der Waals surface area contributed by atoms with E-state index < -0.39 is 0 Å². The summed E-state index contributed by atoms with van der Waals surface area (Å²) in [6, 6.07) is 7.85. The maximum Gasteiger partial charge on any atom is 0.296 e. The number of ether oxygens (including phenoxy) is 1. The van der Waals surface area contributed by atoms with Gasteiger partial charge in [0.1, 0.15) is 16.7 Å². The molecule has 2 aromatic heterocycles. The van der Waals surface area contributed by atoms with Crippen LogP contribution < -0.4 is 21.7 Å². The van der Waals surface area contributed by atoms with Crippen molar-refractivity contribution >= 4 is 40.9 Å². The number of nitrogens with one attached hydrogen (secondary N) is 1. The van der Waals surface area contributed by atoms with Crippen LogP contribution in [0.3, 0.4) is 0 Å². The molecule has 2 aliphatic rings. The number of anilines is 2. The number of nitrogens with two attached hydrogens (primary N) is 2. The van der Waals surface area contributed by atoms with Gasteiger partial charge < -0.3 is 26.4 Å². The van der Waals surface area contributed by atoms with Gasteiger partial charge in [-0.25, -0.2) is 15.0 Å². The molecule has 1 saturated heterocycles. The van der Waals surface area contributed by atoms with Crippen molar-refractivity contribution in [1.29, 1.82) is 0 Å². The van der Waals surface area contributed by atoms with Crippen molar-refractivity contribution in [1.82, 2.24) is 20.3 Å². The summed E-state index contributed by atoms with van der Waals surface area (Å²) in [6.07, 6.45) is 8.04. The second-order valence-corrected chi connectivity index (χ2v) is 11.2. The zero-order chi connectivity index (χ0) is 27.4. The molecular formula is C28H30ClN7O2S. The highest BCUT2D eigenvalue weighted by atomic mass is 35.5. The molecule has 5 N–H and O–H groups in total. The molecule has 1 aliphatic heterocycles. The van der Waals surface area contributed by atoms with E-state index in [0.29, 0.717) is 24.0 Å². The summed E-state index contributed by atoms with van der Waals surface area (Å²) in [5.41, 5.74) is 15.8. The minimum absolute atomic E-state index is 0.00363. The molecule has 0 saturated carbocycles. The second kappa shape index (κ2) is 11.8. The summed E-state index contributed by atoms with van der Waals surface area (Å²) in [5, 5.41) is 3.87. The van der Waals surface area contributed by atoms with Crippen molar-refractivity contribution in [2.75, 3.05) is 44.0 Å². The minimum Gasteiger partial charge on any atom is -0.383 e. The van der Waals surface area contributed by atoms with Crippen LogP contribution in [0.5, 0.6) is 0 Å². The zero-order valence-corrected chi connectivity index (χ0v) is 23.2. The predicted molar refractivity (Wildman–Crippen MR) is 153 cm³/mol. The Labute approximate surface area is 237 Å². The highest BCUT2D eigenvalue weighted by Crippen LogP contribution is 2.51. The number of hydrogen-bond donors (Lipinski definition) is 3. The molecular weight excluding hydrogens is 534 g/mol. The van der Waals surface area contributed by atoms with E-state index in [0.717, 1.165) is 59.2 Å². The Balaban J connectivity index is 1.20. The lowest BCUT2D eigenvalue weighted by Crippen LogP contribution is -2.44. The molecule has 202 valence electrons. The van der Waals surface area contributed by atoms with Crippen LogP contribution in [0.15, 0.2) is 52.8 Å². The van der Waals surface area contributed by atoms with Crippen LogP contribution in [0.4, 0.5) is 11.6 Å². The van der Waals surface area contributed by atoms with Gasteiger partial charge in [0, 0.05) is 55.4 Å². The number of benzene rings is 1. The van der Waals surface area contributed by atoms with Gasteiger partial charge in [-0.15, -0.1) is 0 Å². The normalized spacial score (nSPS) is 17.4. The van der Waals surface area contributed by atoms with Crippen molar-refractivity contribution < 1.29 is 9.53 Å². The number of nitrogens with zero attached hydrogens (tertiary/aromatic N) is 4. The van der Waals surface area contributed by atoms with Gasteiger partial charge in [0.05, 0.1) is 24.0 Å². The Morgan fingerprint density at radius 3 is 2.82 bits per heavy atom. The lowest BCUT2D eigenvalue weighted by Gasteiger charge is -2.42. The van der Waals surface area contributed by atoms with Gasteiger partial charge >= 0.3 is 0 Å². The third-order valence-corrected chi connectivity index (χ3v) is 8.88. The Kier molecular flexibility index (Phi) is 8.23. The first kappa shape index (κ1) is 27.2. The highest BCUT2D eigenvalue weighted by molar-refractivity contribution is 7.99. The van der Waals surface area contributed by atoms with E-state index in [4.69, 9.17) is 27.8 Å². The Morgan fingerprint density at radius 1 is 1.26 bits per heavy atom. The fourth-order valence-corrected chi connectivity index (χ4v) is 6.20. The number of amides is 1. The molecule has 3 aromatic rings. The molecule has 1 aromatic carbocycles. The van der Waals surface area contributed by atoms with Crippen molar-refractivity contribution in [2.24, 2.45) is 11.1 Å². The largest absolute Gasteiger partial charge is 0.383 e. The predicted octanol–water partition coefficient (Wildman–Crippen LogP) is 3.22. The summed E-state index contributed by atoms with van der Waals surface area (Å²) in [7, 11) is 1.59. The first-order valence-corrected chi connectivity index (χ1v) is 13.9. The number of methoxy groups -OCH3 is 1. The number of carbonyl (C=O) groups excluding carboxylic acids is 1. The number of hydrogen-bond acceptors (Lipinski definition) is 9. The highest BCUT2D eigenvalue weighted by Gasteiger charge is 2.46. The van der Waals surface area contributed by atoms with Gasteiger partial charge in [-0.2, -0.15) is 0 Å². The minimum atomic E-state index is -0.318. The number of halogens is 1. The monoisotopic (exact) mass is 563 g/mol. The van der Waals surface area contributed by atoms with Crippen LogP contribution in [0.2, 0.25) is 5.02 Å². The molecule has 1 fully saturated rings. The topological polar surface area (TPSA) is 132 Å². The summed E-state index contributed by atoms with van der Waals surface area (Å²) in [6.45, 7) is 2.59. The van der Waals surface area contributed by atoms with E-state index in [1.165, 1.54) is 17.3 Å². The molecule has 5 rings (SSSR count). The first-order chi connectivity index (χ1) is 18.9. The number of aromatic nitrogens is 3. The van der Waals surface area contributed by atoms with E-state index in [-0.39, 0.29) is 17.4 Å². The van der Waals surface area contributed by atoms with Crippen LogP contribution in [0, 0.1) is 17.3 Å². The van der Waals surface area contributed by atoms with Gasteiger partial charge in [0.15, 0.2) is 0 Å². The van der Waals surface area contributed by atoms with Crippen LogP contribution in [0.25, 0.3) is 0 Å². The summed E-state index contributed by atoms with van der Waals surface area (Å²) in [4.78, 5) is 28.2. The van der Waals surface area contributed by atoms with E-state index in [1.807, 2.05) is 18.2 Å². The van der Waals surface area contributed by atoms with Crippen molar-refractivity contribution in [3.8, 4) is 11.8 Å². The third-order valence-electron chi connectivity index (χ3n) is 7.39. The molecule has 0 bridgehead atoms. The molecule has 9 nitrogen and oxygen atoms in total. The van der Waals surface area contributed by atoms with E-state index in [2.05, 4.69) is 43.1 Å². The number of piperidine rings is 1. The van der Waals surface area contributed by atoms with Crippen LogP contribution >= 0.6 is 23.4 Å². The summed E-state index contributed by atoms with van der Waals surface area (Å²) in [5.74, 6) is 6.44. The van der Waals surface area contributed by atoms with Gasteiger partial charge in [-0.1, -0.05) is 35.3 Å². The van der Waals surface area contributed by atoms with Crippen LogP contribution in [-0.2, 0) is 16.0 Å². The van der Waals surface area contributed by atoms with Gasteiger partial charge in [0.25, 0.3) is 5.91 Å². The summed E-state index contributed by atoms with van der Waals surface area (Å²) >= 11 is 7.66. The van der Waals surface area contributed by atoms with E-state index in [1.54, 1.807) is 25.7 Å². The lowest BCUT2D eigenvalue weighted by molar-refractivity contribution is -0.115. The van der Waals surface area contributed by atoms with Gasteiger partial charge in [-0.05, 0) is 54.0 Å². The average molecular weight is 564 g/mol. The molecule has 0 unspecified atom stereocenters. The maximum absolute atomic E-state index is 11.9. The molecule has 39 heavy (non-hydrogen) atoms. The van der Waals surface area contributed by atoms with Gasteiger partial charge in [0.2, 0.25) is 0 Å². The molecule has 1 amide bonds. The Hall–Kier alpha value is -3.36. The van der Waals surface area contributed by atoms with Crippen molar-refractivity contribution in [3.63, 3.8) is 0 Å². The van der Waals surface area contributed by atoms with Crippen LogP contribution in [-0.4, -0.2) is 54.2 Å². The Bertz CT molecular complexity index is 1420. The fourth-order valence-electron chi connectivity index (χ4n) is 5.21. The number of nitrogen functional groups attached to an aromatic ring is 1. The van der Waals surface area contributed by atoms with E-state index >= 15 is 0 Å². The molecule has 1 aliphatic carbocycles. The first-order valence-electron chi connectivity index (χ1n) is 12.7. The number of carbonyl (C=O) groups is 1. The standard InChI is InChI=1S/C28H30ClN7O2S/c1-38-13-10-32-23(37)5-3-18-2-4-19-15-28(26(30)20(19)14-18)7-11-36(12-8-28)22-16-35-24(17-34-22)39-21-6-9-33-27(31)25(21)29/h2,4,6,9,14,16-17,26H,7-8,10-13,15,30H2,1H3,(H2,31,33)(H,32,37)/t26-/m1/s1. The number of fused-ring (bicyclic) bond motifs is 1. The van der Waals surface area contributed by atoms with Gasteiger partial charge in [-0.3, -0.25) is 4.79 Å². The number of rotatable bonds is 6. The molecule has 11 heteroatoms. The molecule has 3 heterocycles. The Morgan fingerprint density at radius 2 is 2.08 bits per heavy atom.